The van der Waals surface area contributed by atoms with Gasteiger partial charge in [-0.25, -0.2) is 17.9 Å². The van der Waals surface area contributed by atoms with Gasteiger partial charge in [0.05, 0.1) is 16.3 Å². The van der Waals surface area contributed by atoms with Crippen LogP contribution >= 0.6 is 11.6 Å². The average Bonchev–Trinajstić information content (AvgIpc) is 2.24. The van der Waals surface area contributed by atoms with Gasteiger partial charge in [0.15, 0.2) is 0 Å². The Bertz CT molecular complexity index is 642. The first-order chi connectivity index (χ1) is 9.54. The molecule has 0 aliphatic heterocycles. The van der Waals surface area contributed by atoms with Gasteiger partial charge in [-0.15, -0.1) is 0 Å². The molecule has 0 aliphatic carbocycles. The summed E-state index contributed by atoms with van der Waals surface area (Å²) in [5, 5.41) is 12.1. The second-order valence-electron chi connectivity index (χ2n) is 5.21. The molecule has 0 heterocycles. The summed E-state index contributed by atoms with van der Waals surface area (Å²) in [6, 6.07) is 2.04. The SMILES string of the molecule is CC(C)Nc1cc(Cl)c(S(=O)(=O)NC(C)C)cc1C(=O)O. The quantitative estimate of drug-likeness (QED) is 0.743. The predicted octanol–water partition coefficient (Wildman–Crippen LogP) is 2.55. The molecule has 0 radical (unpaired) electrons. The second-order valence-corrected chi connectivity index (χ2v) is 7.30. The highest BCUT2D eigenvalue weighted by molar-refractivity contribution is 7.89. The zero-order valence-corrected chi connectivity index (χ0v) is 13.8. The third-order valence-corrected chi connectivity index (χ3v) is 4.55. The fourth-order valence-corrected chi connectivity index (χ4v) is 3.55. The Morgan fingerprint density at radius 2 is 1.76 bits per heavy atom. The number of carbonyl (C=O) groups is 1. The largest absolute Gasteiger partial charge is 0.478 e. The fraction of sp³-hybridized carbons (Fsp3) is 0.462. The van der Waals surface area contributed by atoms with Crippen LogP contribution < -0.4 is 10.0 Å². The van der Waals surface area contributed by atoms with Gasteiger partial charge in [0.1, 0.15) is 4.90 Å². The average molecular weight is 335 g/mol. The smallest absolute Gasteiger partial charge is 0.337 e. The fourth-order valence-electron chi connectivity index (χ4n) is 1.74. The van der Waals surface area contributed by atoms with E-state index in [2.05, 4.69) is 10.0 Å². The van der Waals surface area contributed by atoms with E-state index in [0.29, 0.717) is 0 Å². The lowest BCUT2D eigenvalue weighted by molar-refractivity contribution is 0.0697. The zero-order chi connectivity index (χ0) is 16.4. The number of rotatable bonds is 6. The first-order valence-electron chi connectivity index (χ1n) is 6.40. The molecule has 8 heteroatoms. The molecule has 0 aromatic heterocycles. The molecule has 0 atom stereocenters. The monoisotopic (exact) mass is 334 g/mol. The van der Waals surface area contributed by atoms with Crippen LogP contribution in [0.25, 0.3) is 0 Å². The van der Waals surface area contributed by atoms with Crippen LogP contribution in [0.2, 0.25) is 5.02 Å². The summed E-state index contributed by atoms with van der Waals surface area (Å²) in [7, 11) is -3.86. The maximum atomic E-state index is 12.2. The molecule has 0 fully saturated rings. The van der Waals surface area contributed by atoms with Gasteiger partial charge in [-0.2, -0.15) is 0 Å². The van der Waals surface area contributed by atoms with Gasteiger partial charge in [-0.05, 0) is 39.8 Å². The predicted molar refractivity (Wildman–Crippen MR) is 82.6 cm³/mol. The number of halogens is 1. The van der Waals surface area contributed by atoms with Crippen LogP contribution in [-0.2, 0) is 10.0 Å². The summed E-state index contributed by atoms with van der Waals surface area (Å²) in [5.74, 6) is -1.23. The highest BCUT2D eigenvalue weighted by Gasteiger charge is 2.23. The Balaban J connectivity index is 3.44. The molecule has 0 spiro atoms. The molecule has 1 aromatic carbocycles. The Morgan fingerprint density at radius 3 is 2.19 bits per heavy atom. The van der Waals surface area contributed by atoms with E-state index in [4.69, 9.17) is 11.6 Å². The van der Waals surface area contributed by atoms with Crippen LogP contribution in [0.1, 0.15) is 38.1 Å². The molecule has 21 heavy (non-hydrogen) atoms. The van der Waals surface area contributed by atoms with E-state index in [-0.39, 0.29) is 33.3 Å². The van der Waals surface area contributed by atoms with Crippen LogP contribution in [0.5, 0.6) is 0 Å². The van der Waals surface area contributed by atoms with Crippen LogP contribution in [0.15, 0.2) is 17.0 Å². The summed E-state index contributed by atoms with van der Waals surface area (Å²) in [6.45, 7) is 7.01. The van der Waals surface area contributed by atoms with E-state index in [1.807, 2.05) is 13.8 Å². The van der Waals surface area contributed by atoms with E-state index < -0.39 is 16.0 Å². The van der Waals surface area contributed by atoms with Crippen molar-refractivity contribution in [2.24, 2.45) is 0 Å². The minimum absolute atomic E-state index is 0.0181. The van der Waals surface area contributed by atoms with E-state index in [1.54, 1.807) is 13.8 Å². The van der Waals surface area contributed by atoms with Gasteiger partial charge in [0.25, 0.3) is 0 Å². The lowest BCUT2D eigenvalue weighted by atomic mass is 10.1. The molecule has 3 N–H and O–H groups in total. The van der Waals surface area contributed by atoms with Crippen molar-refractivity contribution >= 4 is 33.3 Å². The highest BCUT2D eigenvalue weighted by atomic mass is 35.5. The topological polar surface area (TPSA) is 95.5 Å². The summed E-state index contributed by atoms with van der Waals surface area (Å²) >= 11 is 6.01. The van der Waals surface area contributed by atoms with Crippen LogP contribution in [0, 0.1) is 0 Å². The molecule has 0 saturated carbocycles. The molecule has 1 aromatic rings. The lowest BCUT2D eigenvalue weighted by Crippen LogP contribution is -2.30. The first kappa shape index (κ1) is 17.7. The van der Waals surface area contributed by atoms with Crippen molar-refractivity contribution in [1.29, 1.82) is 0 Å². The summed E-state index contributed by atoms with van der Waals surface area (Å²) in [5.41, 5.74) is 0.142. The van der Waals surface area contributed by atoms with Gasteiger partial charge >= 0.3 is 5.97 Å². The van der Waals surface area contributed by atoms with Crippen molar-refractivity contribution in [3.05, 3.63) is 22.7 Å². The van der Waals surface area contributed by atoms with Crippen LogP contribution in [-0.4, -0.2) is 31.6 Å². The third-order valence-electron chi connectivity index (χ3n) is 2.43. The standard InChI is InChI=1S/C13H19ClN2O4S/c1-7(2)15-11-6-10(14)12(5-9(11)13(17)18)21(19,20)16-8(3)4/h5-8,15-16H,1-4H3,(H,17,18). The van der Waals surface area contributed by atoms with Crippen molar-refractivity contribution in [3.8, 4) is 0 Å². The molecule has 1 rings (SSSR count). The van der Waals surface area contributed by atoms with Gasteiger partial charge in [-0.3, -0.25) is 0 Å². The number of carboxylic acid groups (broad SMARTS) is 1. The summed E-state index contributed by atoms with van der Waals surface area (Å²) < 4.78 is 26.7. The number of sulfonamides is 1. The van der Waals surface area contributed by atoms with E-state index in [0.717, 1.165) is 6.07 Å². The molecule has 0 bridgehead atoms. The Morgan fingerprint density at radius 1 is 1.19 bits per heavy atom. The van der Waals surface area contributed by atoms with Crippen molar-refractivity contribution in [2.75, 3.05) is 5.32 Å². The number of benzene rings is 1. The second kappa shape index (κ2) is 6.64. The normalized spacial score (nSPS) is 12.0. The summed E-state index contributed by atoms with van der Waals surface area (Å²) in [6.07, 6.45) is 0. The molecule has 0 amide bonds. The van der Waals surface area contributed by atoms with Gasteiger partial charge in [0, 0.05) is 12.1 Å². The molecule has 0 unspecified atom stereocenters. The van der Waals surface area contributed by atoms with Crippen LogP contribution in [0.4, 0.5) is 5.69 Å². The number of aromatic carboxylic acids is 1. The molecular formula is C13H19ClN2O4S. The van der Waals surface area contributed by atoms with E-state index >= 15 is 0 Å². The van der Waals surface area contributed by atoms with Crippen molar-refractivity contribution < 1.29 is 18.3 Å². The van der Waals surface area contributed by atoms with E-state index in [1.165, 1.54) is 6.07 Å². The number of hydrogen-bond donors (Lipinski definition) is 3. The molecule has 0 aliphatic rings. The van der Waals surface area contributed by atoms with Gasteiger partial charge in [0.2, 0.25) is 10.0 Å². The first-order valence-corrected chi connectivity index (χ1v) is 8.26. The van der Waals surface area contributed by atoms with Gasteiger partial charge < -0.3 is 10.4 Å². The third kappa shape index (κ3) is 4.59. The number of carboxylic acids is 1. The number of anilines is 1. The molecule has 6 nitrogen and oxygen atoms in total. The number of hydrogen-bond acceptors (Lipinski definition) is 4. The minimum Gasteiger partial charge on any atom is -0.478 e. The Kier molecular flexibility index (Phi) is 5.61. The Labute approximate surface area is 129 Å². The highest BCUT2D eigenvalue weighted by Crippen LogP contribution is 2.29. The number of nitrogens with one attached hydrogen (secondary N) is 2. The summed E-state index contributed by atoms with van der Waals surface area (Å²) in [4.78, 5) is 11.1. The Hall–Kier alpha value is -1.31. The maximum absolute atomic E-state index is 12.2. The molecular weight excluding hydrogens is 316 g/mol. The van der Waals surface area contributed by atoms with Crippen LogP contribution in [0.3, 0.4) is 0 Å². The lowest BCUT2D eigenvalue weighted by Gasteiger charge is -2.16. The van der Waals surface area contributed by atoms with Crippen molar-refractivity contribution in [3.63, 3.8) is 0 Å². The minimum atomic E-state index is -3.86. The molecule has 0 saturated heterocycles. The zero-order valence-electron chi connectivity index (χ0n) is 12.3. The van der Waals surface area contributed by atoms with Gasteiger partial charge in [-0.1, -0.05) is 11.6 Å². The maximum Gasteiger partial charge on any atom is 0.337 e. The molecule has 118 valence electrons. The van der Waals surface area contributed by atoms with E-state index in [9.17, 15) is 18.3 Å². The van der Waals surface area contributed by atoms with Crippen molar-refractivity contribution in [2.45, 2.75) is 44.7 Å². The van der Waals surface area contributed by atoms with Crippen molar-refractivity contribution in [1.82, 2.24) is 4.72 Å².